The summed E-state index contributed by atoms with van der Waals surface area (Å²) in [6.07, 6.45) is 2.39. The highest BCUT2D eigenvalue weighted by atomic mass is 79.9. The molecule has 1 aromatic rings. The predicted octanol–water partition coefficient (Wildman–Crippen LogP) is 2.99. The molecule has 0 unspecified atom stereocenters. The highest BCUT2D eigenvalue weighted by Gasteiger charge is 2.26. The maximum Gasteiger partial charge on any atom is 0.171 e. The third kappa shape index (κ3) is 1.71. The van der Waals surface area contributed by atoms with Gasteiger partial charge in [0.05, 0.1) is 19.8 Å². The Morgan fingerprint density at radius 2 is 2.00 bits per heavy atom. The van der Waals surface area contributed by atoms with Gasteiger partial charge in [0.1, 0.15) is 0 Å². The number of hydrogen-bond donors (Lipinski definition) is 0. The second kappa shape index (κ2) is 4.45. The molecule has 0 saturated carbocycles. The summed E-state index contributed by atoms with van der Waals surface area (Å²) in [7, 11) is 3.14. The van der Waals surface area contributed by atoms with Gasteiger partial charge in [-0.3, -0.25) is 4.79 Å². The van der Waals surface area contributed by atoms with Crippen LogP contribution in [0.4, 0.5) is 0 Å². The van der Waals surface area contributed by atoms with Crippen LogP contribution in [-0.4, -0.2) is 20.0 Å². The Bertz CT molecular complexity index is 440. The van der Waals surface area contributed by atoms with Crippen LogP contribution in [0.25, 0.3) is 0 Å². The first-order valence-corrected chi connectivity index (χ1v) is 5.95. The van der Waals surface area contributed by atoms with Gasteiger partial charge >= 0.3 is 0 Å². The van der Waals surface area contributed by atoms with Crippen LogP contribution in [0.1, 0.15) is 28.8 Å². The zero-order chi connectivity index (χ0) is 11.7. The van der Waals surface area contributed by atoms with Crippen molar-refractivity contribution < 1.29 is 14.3 Å². The molecule has 0 fully saturated rings. The predicted molar refractivity (Wildman–Crippen MR) is 64.5 cm³/mol. The Morgan fingerprint density at radius 3 is 2.62 bits per heavy atom. The fourth-order valence-corrected chi connectivity index (χ4v) is 2.70. The molecule has 0 bridgehead atoms. The third-order valence-electron chi connectivity index (χ3n) is 2.83. The van der Waals surface area contributed by atoms with Crippen LogP contribution >= 0.6 is 15.9 Å². The zero-order valence-corrected chi connectivity index (χ0v) is 10.9. The Labute approximate surface area is 103 Å². The molecule has 0 saturated heterocycles. The van der Waals surface area contributed by atoms with Gasteiger partial charge in [-0.2, -0.15) is 0 Å². The van der Waals surface area contributed by atoms with E-state index in [-0.39, 0.29) is 5.78 Å². The SMILES string of the molecule is COc1cc(Br)c2c(c1OC)C(=O)CCC2. The van der Waals surface area contributed by atoms with Crippen molar-refractivity contribution in [2.75, 3.05) is 14.2 Å². The van der Waals surface area contributed by atoms with Crippen LogP contribution in [-0.2, 0) is 6.42 Å². The molecule has 0 heterocycles. The van der Waals surface area contributed by atoms with Crippen LogP contribution in [0, 0.1) is 0 Å². The molecule has 1 aliphatic rings. The second-order valence-corrected chi connectivity index (χ2v) is 4.58. The minimum atomic E-state index is 0.137. The molecule has 0 aromatic heterocycles. The first-order valence-electron chi connectivity index (χ1n) is 5.15. The third-order valence-corrected chi connectivity index (χ3v) is 3.54. The average molecular weight is 285 g/mol. The average Bonchev–Trinajstić information content (AvgIpc) is 2.29. The van der Waals surface area contributed by atoms with Gasteiger partial charge in [0.2, 0.25) is 0 Å². The Morgan fingerprint density at radius 1 is 1.25 bits per heavy atom. The molecule has 1 aliphatic carbocycles. The number of benzene rings is 1. The topological polar surface area (TPSA) is 35.5 Å². The van der Waals surface area contributed by atoms with Gasteiger partial charge in [-0.15, -0.1) is 0 Å². The molecule has 0 atom stereocenters. The fraction of sp³-hybridized carbons (Fsp3) is 0.417. The molecule has 2 rings (SSSR count). The highest BCUT2D eigenvalue weighted by molar-refractivity contribution is 9.10. The van der Waals surface area contributed by atoms with Crippen molar-refractivity contribution in [3.05, 3.63) is 21.7 Å². The van der Waals surface area contributed by atoms with Crippen LogP contribution < -0.4 is 9.47 Å². The summed E-state index contributed by atoms with van der Waals surface area (Å²) in [4.78, 5) is 11.9. The van der Waals surface area contributed by atoms with Crippen molar-refractivity contribution in [2.45, 2.75) is 19.3 Å². The molecule has 0 radical (unpaired) electrons. The number of methoxy groups -OCH3 is 2. The van der Waals surface area contributed by atoms with Crippen molar-refractivity contribution in [2.24, 2.45) is 0 Å². The summed E-state index contributed by atoms with van der Waals surface area (Å²) in [5.74, 6) is 1.30. The number of hydrogen-bond acceptors (Lipinski definition) is 3. The van der Waals surface area contributed by atoms with Gasteiger partial charge in [-0.1, -0.05) is 15.9 Å². The molecule has 1 aromatic carbocycles. The molecule has 0 spiro atoms. The van der Waals surface area contributed by atoms with Crippen LogP contribution in [0.3, 0.4) is 0 Å². The lowest BCUT2D eigenvalue weighted by molar-refractivity contribution is 0.0968. The van der Waals surface area contributed by atoms with E-state index in [0.717, 1.165) is 22.9 Å². The van der Waals surface area contributed by atoms with E-state index in [1.54, 1.807) is 14.2 Å². The minimum Gasteiger partial charge on any atom is -0.493 e. The number of Topliss-reactive ketones (excluding diaryl/α,β-unsaturated/α-hetero) is 1. The monoisotopic (exact) mass is 284 g/mol. The van der Waals surface area contributed by atoms with Crippen molar-refractivity contribution in [3.8, 4) is 11.5 Å². The number of carbonyl (C=O) groups excluding carboxylic acids is 1. The van der Waals surface area contributed by atoms with Crippen molar-refractivity contribution in [1.82, 2.24) is 0 Å². The quantitative estimate of drug-likeness (QED) is 0.838. The van der Waals surface area contributed by atoms with Gasteiger partial charge in [-0.25, -0.2) is 0 Å². The summed E-state index contributed by atoms with van der Waals surface area (Å²) < 4.78 is 11.4. The number of fused-ring (bicyclic) bond motifs is 1. The number of carbonyl (C=O) groups is 1. The molecular weight excluding hydrogens is 272 g/mol. The summed E-state index contributed by atoms with van der Waals surface area (Å²) in [6.45, 7) is 0. The van der Waals surface area contributed by atoms with Crippen LogP contribution in [0.15, 0.2) is 10.5 Å². The Hall–Kier alpha value is -1.03. The first kappa shape index (κ1) is 11.5. The van der Waals surface area contributed by atoms with E-state index in [9.17, 15) is 4.79 Å². The summed E-state index contributed by atoms with van der Waals surface area (Å²) in [5.41, 5.74) is 1.72. The van der Waals surface area contributed by atoms with E-state index in [2.05, 4.69) is 15.9 Å². The number of halogens is 1. The van der Waals surface area contributed by atoms with Gasteiger partial charge in [0.15, 0.2) is 17.3 Å². The van der Waals surface area contributed by atoms with E-state index in [0.29, 0.717) is 23.5 Å². The van der Waals surface area contributed by atoms with E-state index < -0.39 is 0 Å². The lowest BCUT2D eigenvalue weighted by Crippen LogP contribution is -2.13. The van der Waals surface area contributed by atoms with Gasteiger partial charge in [0.25, 0.3) is 0 Å². The molecule has 16 heavy (non-hydrogen) atoms. The molecule has 3 nitrogen and oxygen atoms in total. The molecule has 0 N–H and O–H groups in total. The first-order chi connectivity index (χ1) is 7.69. The standard InChI is InChI=1S/C12H13BrO3/c1-15-10-6-8(13)7-4-3-5-9(14)11(7)12(10)16-2/h6H,3-5H2,1-2H3. The number of ether oxygens (including phenoxy) is 2. The molecule has 86 valence electrons. The highest BCUT2D eigenvalue weighted by Crippen LogP contribution is 2.41. The lowest BCUT2D eigenvalue weighted by Gasteiger charge is -2.21. The van der Waals surface area contributed by atoms with Crippen molar-refractivity contribution >= 4 is 21.7 Å². The van der Waals surface area contributed by atoms with E-state index in [4.69, 9.17) is 9.47 Å². The van der Waals surface area contributed by atoms with Crippen molar-refractivity contribution in [1.29, 1.82) is 0 Å². The second-order valence-electron chi connectivity index (χ2n) is 3.72. The molecular formula is C12H13BrO3. The van der Waals surface area contributed by atoms with Crippen LogP contribution in [0.2, 0.25) is 0 Å². The number of ketones is 1. The number of rotatable bonds is 2. The Kier molecular flexibility index (Phi) is 3.19. The normalized spacial score (nSPS) is 14.6. The van der Waals surface area contributed by atoms with E-state index in [1.165, 1.54) is 0 Å². The van der Waals surface area contributed by atoms with Crippen LogP contribution in [0.5, 0.6) is 11.5 Å². The lowest BCUT2D eigenvalue weighted by atomic mass is 9.89. The van der Waals surface area contributed by atoms with Crippen molar-refractivity contribution in [3.63, 3.8) is 0 Å². The van der Waals surface area contributed by atoms with Gasteiger partial charge < -0.3 is 9.47 Å². The van der Waals surface area contributed by atoms with E-state index >= 15 is 0 Å². The summed E-state index contributed by atoms with van der Waals surface area (Å²) >= 11 is 3.48. The largest absolute Gasteiger partial charge is 0.493 e. The maximum atomic E-state index is 11.9. The summed E-state index contributed by atoms with van der Waals surface area (Å²) in [6, 6.07) is 1.86. The smallest absolute Gasteiger partial charge is 0.171 e. The molecule has 0 amide bonds. The fourth-order valence-electron chi connectivity index (χ4n) is 2.09. The Balaban J connectivity index is 2.70. The van der Waals surface area contributed by atoms with Gasteiger partial charge in [0, 0.05) is 10.9 Å². The van der Waals surface area contributed by atoms with Gasteiger partial charge in [-0.05, 0) is 24.5 Å². The molecule has 0 aliphatic heterocycles. The minimum absolute atomic E-state index is 0.137. The summed E-state index contributed by atoms with van der Waals surface area (Å²) in [5, 5.41) is 0. The van der Waals surface area contributed by atoms with E-state index in [1.807, 2.05) is 6.07 Å². The maximum absolute atomic E-state index is 11.9. The zero-order valence-electron chi connectivity index (χ0n) is 9.30. The molecule has 4 heteroatoms.